The van der Waals surface area contributed by atoms with Crippen molar-refractivity contribution in [3.05, 3.63) is 40.4 Å². The van der Waals surface area contributed by atoms with Gasteiger partial charge in [-0.05, 0) is 20.8 Å². The van der Waals surface area contributed by atoms with Gasteiger partial charge in [-0.25, -0.2) is 9.78 Å². The van der Waals surface area contributed by atoms with Gasteiger partial charge in [0.2, 0.25) is 5.91 Å². The molecule has 0 aromatic carbocycles. The predicted molar refractivity (Wildman–Crippen MR) is 124 cm³/mol. The molecule has 0 unspecified atom stereocenters. The first-order valence-corrected chi connectivity index (χ1v) is 12.0. The quantitative estimate of drug-likeness (QED) is 0.251. The van der Waals surface area contributed by atoms with Gasteiger partial charge in [0.25, 0.3) is 0 Å². The number of aliphatic hydroxyl groups is 1. The number of carboxylic acids is 1. The van der Waals surface area contributed by atoms with Crippen LogP contribution in [0.2, 0.25) is 0 Å². The fourth-order valence-electron chi connectivity index (χ4n) is 5.11. The number of amides is 1. The second-order valence-electron chi connectivity index (χ2n) is 8.54. The number of aliphatic hydroxyl groups excluding tert-OH is 1. The van der Waals surface area contributed by atoms with E-state index in [4.69, 9.17) is 10.4 Å². The van der Waals surface area contributed by atoms with Crippen LogP contribution in [-0.2, 0) is 9.59 Å². The van der Waals surface area contributed by atoms with E-state index in [2.05, 4.69) is 6.58 Å². The molecule has 1 saturated heterocycles. The average Bonchev–Trinajstić information content (AvgIpc) is 3.38. The number of hydrogen-bond donors (Lipinski definition) is 3. The molecule has 1 aromatic heterocycles. The summed E-state index contributed by atoms with van der Waals surface area (Å²) in [5.74, 6) is -1.94. The minimum Gasteiger partial charge on any atom is -0.477 e. The summed E-state index contributed by atoms with van der Waals surface area (Å²) in [6.07, 6.45) is 2.97. The van der Waals surface area contributed by atoms with Gasteiger partial charge in [0, 0.05) is 28.3 Å². The van der Waals surface area contributed by atoms with Crippen LogP contribution in [0.4, 0.5) is 0 Å². The number of amidine groups is 1. The van der Waals surface area contributed by atoms with Crippen molar-refractivity contribution in [2.45, 2.75) is 49.7 Å². The normalized spacial score (nSPS) is 30.2. The van der Waals surface area contributed by atoms with E-state index in [0.717, 1.165) is 11.3 Å². The smallest absolute Gasteiger partial charge is 0.353 e. The summed E-state index contributed by atoms with van der Waals surface area (Å²) in [5, 5.41) is 29.9. The zero-order chi connectivity index (χ0) is 23.5. The van der Waals surface area contributed by atoms with Crippen molar-refractivity contribution in [2.75, 3.05) is 6.54 Å². The number of aliphatic carboxylic acids is 1. The van der Waals surface area contributed by atoms with Gasteiger partial charge in [0.15, 0.2) is 4.34 Å². The number of hydrogen-bond acceptors (Lipinski definition) is 7. The lowest BCUT2D eigenvalue weighted by Crippen LogP contribution is -2.71. The number of aromatic nitrogens is 1. The maximum absolute atomic E-state index is 12.7. The topological polar surface area (TPSA) is 118 Å². The van der Waals surface area contributed by atoms with Gasteiger partial charge in [0.05, 0.1) is 35.1 Å². The molecule has 0 radical (unpaired) electrons. The monoisotopic (exact) mass is 474 g/mol. The molecule has 0 bridgehead atoms. The molecule has 5 atom stereocenters. The van der Waals surface area contributed by atoms with Crippen LogP contribution in [0.3, 0.4) is 0 Å². The molecule has 0 aliphatic carbocycles. The van der Waals surface area contributed by atoms with Gasteiger partial charge in [-0.1, -0.05) is 30.8 Å². The van der Waals surface area contributed by atoms with Crippen LogP contribution in [-0.4, -0.2) is 66.9 Å². The van der Waals surface area contributed by atoms with Crippen molar-refractivity contribution in [3.8, 4) is 0 Å². The highest BCUT2D eigenvalue weighted by Crippen LogP contribution is 2.58. The first kappa shape index (κ1) is 22.8. The van der Waals surface area contributed by atoms with E-state index in [0.29, 0.717) is 21.6 Å². The summed E-state index contributed by atoms with van der Waals surface area (Å²) >= 11 is 2.69. The zero-order valence-corrected chi connectivity index (χ0v) is 20.0. The SMILES string of the molecule is C=C[C@H]1C(c2csc(SC3=C(C(=O)O)N4C(=O)[C@H]([C@@H](C)O)[C@@]4(C)[C@H]3C)n2)=CCN1C(C)=N. The van der Waals surface area contributed by atoms with Gasteiger partial charge in [0.1, 0.15) is 5.70 Å². The Morgan fingerprint density at radius 3 is 2.78 bits per heavy atom. The molecule has 3 aliphatic rings. The highest BCUT2D eigenvalue weighted by molar-refractivity contribution is 8.04. The fraction of sp³-hybridized carbons (Fsp3) is 0.455. The lowest BCUT2D eigenvalue weighted by molar-refractivity contribution is -0.177. The first-order valence-electron chi connectivity index (χ1n) is 10.3. The number of thioether (sulfide) groups is 1. The molecule has 4 heterocycles. The molecular weight excluding hydrogens is 448 g/mol. The number of carboxylic acid groups (broad SMARTS) is 1. The molecule has 10 heteroatoms. The first-order chi connectivity index (χ1) is 15.0. The average molecular weight is 475 g/mol. The lowest BCUT2D eigenvalue weighted by atomic mass is 9.67. The van der Waals surface area contributed by atoms with Crippen LogP contribution in [0.15, 0.2) is 39.1 Å². The largest absolute Gasteiger partial charge is 0.477 e. The zero-order valence-electron chi connectivity index (χ0n) is 18.3. The van der Waals surface area contributed by atoms with Crippen molar-refractivity contribution >= 4 is 46.4 Å². The molecule has 8 nitrogen and oxygen atoms in total. The van der Waals surface area contributed by atoms with Crippen LogP contribution in [0.1, 0.15) is 33.4 Å². The Bertz CT molecular complexity index is 1090. The number of rotatable bonds is 6. The van der Waals surface area contributed by atoms with E-state index in [9.17, 15) is 19.8 Å². The summed E-state index contributed by atoms with van der Waals surface area (Å²) in [7, 11) is 0. The minimum absolute atomic E-state index is 0.0155. The summed E-state index contributed by atoms with van der Waals surface area (Å²) < 4.78 is 0.682. The summed E-state index contributed by atoms with van der Waals surface area (Å²) in [6.45, 7) is 11.6. The third-order valence-electron chi connectivity index (χ3n) is 6.80. The molecule has 1 fully saturated rings. The van der Waals surface area contributed by atoms with Crippen LogP contribution < -0.4 is 0 Å². The van der Waals surface area contributed by atoms with Crippen molar-refractivity contribution in [1.29, 1.82) is 5.41 Å². The van der Waals surface area contributed by atoms with Crippen molar-refractivity contribution < 1.29 is 19.8 Å². The fourth-order valence-corrected chi connectivity index (χ4v) is 7.29. The molecule has 32 heavy (non-hydrogen) atoms. The molecule has 1 aromatic rings. The number of nitrogens with one attached hydrogen (secondary N) is 1. The van der Waals surface area contributed by atoms with Gasteiger partial charge < -0.3 is 15.1 Å². The predicted octanol–water partition coefficient (Wildman–Crippen LogP) is 3.03. The highest BCUT2D eigenvalue weighted by atomic mass is 32.2. The van der Waals surface area contributed by atoms with Crippen LogP contribution in [0, 0.1) is 17.2 Å². The van der Waals surface area contributed by atoms with Gasteiger partial charge in [-0.15, -0.1) is 17.9 Å². The molecule has 3 aliphatic heterocycles. The molecule has 0 spiro atoms. The van der Waals surface area contributed by atoms with Crippen LogP contribution >= 0.6 is 23.1 Å². The Balaban J connectivity index is 1.64. The summed E-state index contributed by atoms with van der Waals surface area (Å²) in [5.41, 5.74) is 0.965. The number of β-lactam (4-membered cyclic amide) rings is 1. The Morgan fingerprint density at radius 2 is 2.22 bits per heavy atom. The van der Waals surface area contributed by atoms with E-state index in [1.165, 1.54) is 28.0 Å². The van der Waals surface area contributed by atoms with Crippen molar-refractivity contribution in [3.63, 3.8) is 0 Å². The minimum atomic E-state index is -1.15. The standard InChI is InChI=1S/C22H26N4O4S2/c1-6-15-13(7-8-25(15)12(4)23)14-9-31-21(24-14)32-18-10(2)22(5)16(11(3)27)19(28)26(22)17(18)20(29)30/h6-7,9-11,15-16,23,27H,1,8H2,2-5H3,(H,29,30)/t10-,11+,15-,16-,22+/m0/s1. The second kappa shape index (κ2) is 7.86. The number of thiazole rings is 1. The molecule has 1 amide bonds. The van der Waals surface area contributed by atoms with E-state index < -0.39 is 23.5 Å². The van der Waals surface area contributed by atoms with Gasteiger partial charge in [-0.2, -0.15) is 0 Å². The van der Waals surface area contributed by atoms with Gasteiger partial charge >= 0.3 is 5.97 Å². The van der Waals surface area contributed by atoms with E-state index in [1.54, 1.807) is 19.9 Å². The summed E-state index contributed by atoms with van der Waals surface area (Å²) in [4.78, 5) is 33.4. The van der Waals surface area contributed by atoms with Crippen LogP contribution in [0.25, 0.3) is 5.57 Å². The molecule has 3 N–H and O–H groups in total. The van der Waals surface area contributed by atoms with Crippen molar-refractivity contribution in [1.82, 2.24) is 14.8 Å². The maximum atomic E-state index is 12.7. The molecule has 0 saturated carbocycles. The highest BCUT2D eigenvalue weighted by Gasteiger charge is 2.68. The third-order valence-corrected chi connectivity index (χ3v) is 9.01. The number of carbonyl (C=O) groups is 2. The van der Waals surface area contributed by atoms with Crippen LogP contribution in [0.5, 0.6) is 0 Å². The Kier molecular flexibility index (Phi) is 5.59. The maximum Gasteiger partial charge on any atom is 0.353 e. The summed E-state index contributed by atoms with van der Waals surface area (Å²) in [6, 6.07) is -0.128. The Morgan fingerprint density at radius 1 is 1.53 bits per heavy atom. The molecular formula is C22H26N4O4S2. The van der Waals surface area contributed by atoms with E-state index in [-0.39, 0.29) is 23.6 Å². The lowest BCUT2D eigenvalue weighted by Gasteiger charge is -2.55. The van der Waals surface area contributed by atoms with Gasteiger partial charge in [-0.3, -0.25) is 15.1 Å². The number of fused-ring (bicyclic) bond motifs is 1. The number of nitrogens with zero attached hydrogens (tertiary/aromatic N) is 3. The van der Waals surface area contributed by atoms with Crippen molar-refractivity contribution in [2.24, 2.45) is 11.8 Å². The number of carbonyl (C=O) groups excluding carboxylic acids is 1. The van der Waals surface area contributed by atoms with E-state index >= 15 is 0 Å². The second-order valence-corrected chi connectivity index (χ2v) is 10.7. The molecule has 4 rings (SSSR count). The van der Waals surface area contributed by atoms with E-state index in [1.807, 2.05) is 30.2 Å². The Labute approximate surface area is 194 Å². The Hall–Kier alpha value is -2.43. The third kappa shape index (κ3) is 3.07. The molecule has 170 valence electrons.